The highest BCUT2D eigenvalue weighted by molar-refractivity contribution is 5.76. The number of nitro groups is 1. The summed E-state index contributed by atoms with van der Waals surface area (Å²) < 4.78 is 1.41. The SMILES string of the molecule is CCCN1CCC(NC(=O)Cn2nc(C)c([N+](=O)[O-])c2C)CC1. The van der Waals surface area contributed by atoms with Crippen LogP contribution in [0.3, 0.4) is 0 Å². The van der Waals surface area contributed by atoms with Crippen molar-refractivity contribution < 1.29 is 9.72 Å². The maximum Gasteiger partial charge on any atom is 0.312 e. The smallest absolute Gasteiger partial charge is 0.312 e. The van der Waals surface area contributed by atoms with E-state index in [4.69, 9.17) is 0 Å². The first-order chi connectivity index (χ1) is 10.9. The Kier molecular flexibility index (Phi) is 5.70. The molecule has 8 heteroatoms. The molecular weight excluding hydrogens is 298 g/mol. The zero-order valence-corrected chi connectivity index (χ0v) is 14.0. The van der Waals surface area contributed by atoms with Gasteiger partial charge in [0.2, 0.25) is 5.91 Å². The van der Waals surface area contributed by atoms with Crippen molar-refractivity contribution in [3.05, 3.63) is 21.5 Å². The first-order valence-corrected chi connectivity index (χ1v) is 8.12. The van der Waals surface area contributed by atoms with Gasteiger partial charge in [-0.3, -0.25) is 19.6 Å². The summed E-state index contributed by atoms with van der Waals surface area (Å²) >= 11 is 0. The minimum atomic E-state index is -0.449. The van der Waals surface area contributed by atoms with Crippen molar-refractivity contribution in [3.8, 4) is 0 Å². The van der Waals surface area contributed by atoms with E-state index >= 15 is 0 Å². The second-order valence-corrected chi connectivity index (χ2v) is 6.12. The number of hydrogen-bond acceptors (Lipinski definition) is 5. The Morgan fingerprint density at radius 2 is 2.04 bits per heavy atom. The van der Waals surface area contributed by atoms with Gasteiger partial charge in [0.25, 0.3) is 0 Å². The third-order valence-electron chi connectivity index (χ3n) is 4.31. The standard InChI is InChI=1S/C15H25N5O3/c1-4-7-18-8-5-13(6-9-18)16-14(21)10-19-12(3)15(20(22)23)11(2)17-19/h13H,4-10H2,1-3H3,(H,16,21). The Morgan fingerprint density at radius 1 is 1.39 bits per heavy atom. The number of aryl methyl sites for hydroxylation is 1. The Bertz CT molecular complexity index is 576. The molecule has 1 aliphatic rings. The number of amides is 1. The number of likely N-dealkylation sites (tertiary alicyclic amines) is 1. The molecule has 0 spiro atoms. The number of nitrogens with zero attached hydrogens (tertiary/aromatic N) is 4. The largest absolute Gasteiger partial charge is 0.352 e. The fourth-order valence-electron chi connectivity index (χ4n) is 3.13. The molecule has 1 aromatic heterocycles. The van der Waals surface area contributed by atoms with Crippen LogP contribution in [0.5, 0.6) is 0 Å². The average molecular weight is 323 g/mol. The Labute approximate surface area is 136 Å². The van der Waals surface area contributed by atoms with E-state index in [-0.39, 0.29) is 24.2 Å². The fraction of sp³-hybridized carbons (Fsp3) is 0.733. The molecule has 1 aromatic rings. The van der Waals surface area contributed by atoms with E-state index < -0.39 is 4.92 Å². The predicted molar refractivity (Wildman–Crippen MR) is 86.3 cm³/mol. The molecule has 1 N–H and O–H groups in total. The van der Waals surface area contributed by atoms with Crippen LogP contribution >= 0.6 is 0 Å². The summed E-state index contributed by atoms with van der Waals surface area (Å²) in [6, 6.07) is 0.183. The Morgan fingerprint density at radius 3 is 2.57 bits per heavy atom. The van der Waals surface area contributed by atoms with Crippen LogP contribution in [-0.4, -0.2) is 51.2 Å². The number of piperidine rings is 1. The van der Waals surface area contributed by atoms with E-state index in [2.05, 4.69) is 22.2 Å². The lowest BCUT2D eigenvalue weighted by Gasteiger charge is -2.32. The van der Waals surface area contributed by atoms with Gasteiger partial charge in [-0.25, -0.2) is 0 Å². The van der Waals surface area contributed by atoms with E-state index in [1.54, 1.807) is 13.8 Å². The molecule has 8 nitrogen and oxygen atoms in total. The molecule has 2 heterocycles. The molecule has 128 valence electrons. The van der Waals surface area contributed by atoms with Crippen molar-refractivity contribution in [1.82, 2.24) is 20.0 Å². The van der Waals surface area contributed by atoms with Crippen LogP contribution in [-0.2, 0) is 11.3 Å². The molecule has 0 bridgehead atoms. The van der Waals surface area contributed by atoms with Crippen molar-refractivity contribution in [2.75, 3.05) is 19.6 Å². The first-order valence-electron chi connectivity index (χ1n) is 8.12. The summed E-state index contributed by atoms with van der Waals surface area (Å²) in [5.41, 5.74) is 0.749. The average Bonchev–Trinajstić information content (AvgIpc) is 2.75. The Hall–Kier alpha value is -1.96. The number of carbonyl (C=O) groups is 1. The molecule has 0 aromatic carbocycles. The third-order valence-corrected chi connectivity index (χ3v) is 4.31. The summed E-state index contributed by atoms with van der Waals surface area (Å²) in [7, 11) is 0. The van der Waals surface area contributed by atoms with E-state index in [9.17, 15) is 14.9 Å². The minimum absolute atomic E-state index is 0.00864. The molecule has 0 aliphatic carbocycles. The van der Waals surface area contributed by atoms with Gasteiger partial charge in [0.05, 0.1) is 4.92 Å². The highest BCUT2D eigenvalue weighted by atomic mass is 16.6. The molecule has 1 fully saturated rings. The zero-order chi connectivity index (χ0) is 17.0. The van der Waals surface area contributed by atoms with Crippen LogP contribution < -0.4 is 5.32 Å². The number of rotatable bonds is 6. The van der Waals surface area contributed by atoms with E-state index in [1.165, 1.54) is 4.68 Å². The minimum Gasteiger partial charge on any atom is -0.352 e. The van der Waals surface area contributed by atoms with E-state index in [0.29, 0.717) is 11.4 Å². The van der Waals surface area contributed by atoms with Gasteiger partial charge < -0.3 is 10.2 Å². The summed E-state index contributed by atoms with van der Waals surface area (Å²) in [6.45, 7) is 8.51. The summed E-state index contributed by atoms with van der Waals surface area (Å²) in [5.74, 6) is -0.139. The first kappa shape index (κ1) is 17.4. The van der Waals surface area contributed by atoms with Crippen LogP contribution in [0.15, 0.2) is 0 Å². The highest BCUT2D eigenvalue weighted by Crippen LogP contribution is 2.21. The molecule has 1 aliphatic heterocycles. The predicted octanol–water partition coefficient (Wildman–Crippen LogP) is 1.40. The summed E-state index contributed by atoms with van der Waals surface area (Å²) in [4.78, 5) is 25.1. The second-order valence-electron chi connectivity index (χ2n) is 6.12. The maximum absolute atomic E-state index is 12.2. The molecule has 1 amide bonds. The van der Waals surface area contributed by atoms with Gasteiger partial charge in [-0.2, -0.15) is 5.10 Å². The van der Waals surface area contributed by atoms with Gasteiger partial charge >= 0.3 is 5.69 Å². The summed E-state index contributed by atoms with van der Waals surface area (Å²) in [6.07, 6.45) is 3.04. The monoisotopic (exact) mass is 323 g/mol. The molecular formula is C15H25N5O3. The van der Waals surface area contributed by atoms with Crippen LogP contribution in [0.25, 0.3) is 0 Å². The van der Waals surface area contributed by atoms with Crippen molar-refractivity contribution in [2.45, 2.75) is 52.6 Å². The van der Waals surface area contributed by atoms with Crippen LogP contribution in [0, 0.1) is 24.0 Å². The zero-order valence-electron chi connectivity index (χ0n) is 14.0. The number of nitrogens with one attached hydrogen (secondary N) is 1. The van der Waals surface area contributed by atoms with Gasteiger partial charge in [0.15, 0.2) is 0 Å². The second kappa shape index (κ2) is 7.54. The molecule has 23 heavy (non-hydrogen) atoms. The lowest BCUT2D eigenvalue weighted by Crippen LogP contribution is -2.45. The highest BCUT2D eigenvalue weighted by Gasteiger charge is 2.24. The van der Waals surface area contributed by atoms with Crippen molar-refractivity contribution in [3.63, 3.8) is 0 Å². The quantitative estimate of drug-likeness (QED) is 0.631. The molecule has 0 atom stereocenters. The van der Waals surface area contributed by atoms with Gasteiger partial charge in [0, 0.05) is 19.1 Å². The number of aromatic nitrogens is 2. The molecule has 0 saturated carbocycles. The normalized spacial score (nSPS) is 16.5. The van der Waals surface area contributed by atoms with Gasteiger partial charge in [-0.05, 0) is 39.7 Å². The van der Waals surface area contributed by atoms with Crippen LogP contribution in [0.4, 0.5) is 5.69 Å². The molecule has 2 rings (SSSR count). The van der Waals surface area contributed by atoms with Crippen molar-refractivity contribution in [2.24, 2.45) is 0 Å². The number of hydrogen-bond donors (Lipinski definition) is 1. The topological polar surface area (TPSA) is 93.3 Å². The van der Waals surface area contributed by atoms with Gasteiger partial charge in [0.1, 0.15) is 17.9 Å². The lowest BCUT2D eigenvalue weighted by molar-refractivity contribution is -0.386. The fourth-order valence-corrected chi connectivity index (χ4v) is 3.13. The Balaban J connectivity index is 1.89. The van der Waals surface area contributed by atoms with Crippen LogP contribution in [0.2, 0.25) is 0 Å². The van der Waals surface area contributed by atoms with Crippen molar-refractivity contribution >= 4 is 11.6 Å². The summed E-state index contributed by atoms with van der Waals surface area (Å²) in [5, 5.41) is 18.1. The van der Waals surface area contributed by atoms with E-state index in [1.807, 2.05) is 0 Å². The number of carbonyl (C=O) groups excluding carboxylic acids is 1. The van der Waals surface area contributed by atoms with Crippen molar-refractivity contribution in [1.29, 1.82) is 0 Å². The van der Waals surface area contributed by atoms with Gasteiger partial charge in [-0.1, -0.05) is 6.92 Å². The lowest BCUT2D eigenvalue weighted by atomic mass is 10.0. The van der Waals surface area contributed by atoms with Gasteiger partial charge in [-0.15, -0.1) is 0 Å². The third kappa shape index (κ3) is 4.28. The maximum atomic E-state index is 12.2. The molecule has 0 unspecified atom stereocenters. The molecule has 1 saturated heterocycles. The van der Waals surface area contributed by atoms with E-state index in [0.717, 1.165) is 38.9 Å². The van der Waals surface area contributed by atoms with Crippen LogP contribution in [0.1, 0.15) is 37.6 Å². The molecule has 0 radical (unpaired) electrons.